The fourth-order valence-electron chi connectivity index (χ4n) is 2.31. The van der Waals surface area contributed by atoms with E-state index in [1.807, 2.05) is 12.2 Å². The van der Waals surface area contributed by atoms with E-state index in [1.54, 1.807) is 12.2 Å². The van der Waals surface area contributed by atoms with Gasteiger partial charge in [0, 0.05) is 13.3 Å². The summed E-state index contributed by atoms with van der Waals surface area (Å²) in [6.07, 6.45) is 23.4. The lowest BCUT2D eigenvalue weighted by Crippen LogP contribution is -2.24. The smallest absolute Gasteiger partial charge is 0.305 e. The monoisotopic (exact) mass is 434 g/mol. The maximum absolute atomic E-state index is 11.6. The second-order valence-corrected chi connectivity index (χ2v) is 6.94. The molecule has 6 nitrogen and oxygen atoms in total. The molecular formula is C25H38O6. The Kier molecular flexibility index (Phi) is 19.2. The van der Waals surface area contributed by atoms with Gasteiger partial charge >= 0.3 is 11.9 Å². The van der Waals surface area contributed by atoms with Crippen LogP contribution in [0.25, 0.3) is 0 Å². The summed E-state index contributed by atoms with van der Waals surface area (Å²) >= 11 is 0. The summed E-state index contributed by atoms with van der Waals surface area (Å²) in [5.41, 5.74) is 0. The topological polar surface area (TPSA) is 93.1 Å². The third-order valence-electron chi connectivity index (χ3n) is 3.93. The standard InChI is InChI=1S/C25H38O6/c1-3-4-5-6-7-8-9-10-11-12-13-14-15-17-23(27)18-16-19-25(29)31-21-24(28)20-30-22(2)26/h4-5,7-8,10-11,13-15,17,23-24,27-28H,3,6,9,12,16,18-21H2,1-2H3/b5-4-,8-7-,11-10-,14-13-,17-15+/t23?,24-/m0/s1. The van der Waals surface area contributed by atoms with Crippen molar-refractivity contribution >= 4 is 11.9 Å². The molecule has 0 aromatic carbocycles. The van der Waals surface area contributed by atoms with Crippen molar-refractivity contribution in [1.29, 1.82) is 0 Å². The van der Waals surface area contributed by atoms with Crippen LogP contribution in [0.4, 0.5) is 0 Å². The second-order valence-electron chi connectivity index (χ2n) is 6.94. The molecule has 0 radical (unpaired) electrons. The van der Waals surface area contributed by atoms with Crippen LogP contribution in [0.1, 0.15) is 58.8 Å². The summed E-state index contributed by atoms with van der Waals surface area (Å²) in [4.78, 5) is 22.2. The van der Waals surface area contributed by atoms with E-state index < -0.39 is 24.1 Å². The Morgan fingerprint density at radius 3 is 2.03 bits per heavy atom. The van der Waals surface area contributed by atoms with Gasteiger partial charge in [-0.3, -0.25) is 9.59 Å². The van der Waals surface area contributed by atoms with Gasteiger partial charge in [0.05, 0.1) is 6.10 Å². The van der Waals surface area contributed by atoms with Crippen LogP contribution in [0.15, 0.2) is 60.8 Å². The number of aliphatic hydroxyl groups excluding tert-OH is 2. The summed E-state index contributed by atoms with van der Waals surface area (Å²) in [5.74, 6) is -0.963. The third-order valence-corrected chi connectivity index (χ3v) is 3.93. The molecule has 6 heteroatoms. The number of esters is 2. The number of carbonyl (C=O) groups excluding carboxylic acids is 2. The molecule has 0 aromatic rings. The maximum atomic E-state index is 11.6. The van der Waals surface area contributed by atoms with Gasteiger partial charge in [-0.05, 0) is 38.5 Å². The van der Waals surface area contributed by atoms with Crippen molar-refractivity contribution in [3.05, 3.63) is 60.8 Å². The zero-order valence-corrected chi connectivity index (χ0v) is 18.8. The highest BCUT2D eigenvalue weighted by Crippen LogP contribution is 2.04. The number of rotatable bonds is 17. The van der Waals surface area contributed by atoms with Crippen LogP contribution < -0.4 is 0 Å². The minimum absolute atomic E-state index is 0.148. The van der Waals surface area contributed by atoms with Crippen LogP contribution in [0, 0.1) is 0 Å². The molecule has 0 heterocycles. The van der Waals surface area contributed by atoms with Gasteiger partial charge in [0.15, 0.2) is 0 Å². The lowest BCUT2D eigenvalue weighted by Gasteiger charge is -2.11. The predicted octanol–water partition coefficient (Wildman–Crippen LogP) is 4.35. The van der Waals surface area contributed by atoms with Crippen LogP contribution in [-0.4, -0.2) is 47.6 Å². The van der Waals surface area contributed by atoms with Crippen molar-refractivity contribution in [1.82, 2.24) is 0 Å². The van der Waals surface area contributed by atoms with Crippen molar-refractivity contribution in [2.45, 2.75) is 71.0 Å². The first-order valence-electron chi connectivity index (χ1n) is 10.9. The molecule has 31 heavy (non-hydrogen) atoms. The molecule has 2 N–H and O–H groups in total. The molecular weight excluding hydrogens is 396 g/mol. The normalized spacial score (nSPS) is 14.3. The molecule has 0 rings (SSSR count). The van der Waals surface area contributed by atoms with Gasteiger partial charge in [0.1, 0.15) is 19.3 Å². The first kappa shape index (κ1) is 28.6. The third kappa shape index (κ3) is 22.1. The molecule has 0 aromatic heterocycles. The molecule has 1 unspecified atom stereocenters. The zero-order valence-electron chi connectivity index (χ0n) is 18.8. The minimum Gasteiger partial charge on any atom is -0.463 e. The zero-order chi connectivity index (χ0) is 23.2. The Morgan fingerprint density at radius 2 is 1.42 bits per heavy atom. The van der Waals surface area contributed by atoms with Crippen molar-refractivity contribution < 1.29 is 29.3 Å². The summed E-state index contributed by atoms with van der Waals surface area (Å²) in [6.45, 7) is 2.93. The number of allylic oxidation sites excluding steroid dienone is 9. The number of hydrogen-bond acceptors (Lipinski definition) is 6. The van der Waals surface area contributed by atoms with Crippen LogP contribution in [0.3, 0.4) is 0 Å². The summed E-state index contributed by atoms with van der Waals surface area (Å²) in [7, 11) is 0. The van der Waals surface area contributed by atoms with Gasteiger partial charge < -0.3 is 19.7 Å². The molecule has 0 aliphatic heterocycles. The van der Waals surface area contributed by atoms with E-state index in [1.165, 1.54) is 6.92 Å². The summed E-state index contributed by atoms with van der Waals surface area (Å²) in [5, 5.41) is 19.4. The number of hydrogen-bond donors (Lipinski definition) is 2. The van der Waals surface area contributed by atoms with Crippen molar-refractivity contribution in [3.63, 3.8) is 0 Å². The molecule has 0 bridgehead atoms. The molecule has 0 aliphatic rings. The van der Waals surface area contributed by atoms with Crippen LogP contribution >= 0.6 is 0 Å². The summed E-state index contributed by atoms with van der Waals surface area (Å²) < 4.78 is 9.51. The lowest BCUT2D eigenvalue weighted by atomic mass is 10.1. The molecule has 0 amide bonds. The quantitative estimate of drug-likeness (QED) is 0.201. The Labute approximate surface area is 186 Å². The second kappa shape index (κ2) is 20.8. The Bertz CT molecular complexity index is 616. The van der Waals surface area contributed by atoms with E-state index in [0.717, 1.165) is 25.7 Å². The fourth-order valence-corrected chi connectivity index (χ4v) is 2.31. The van der Waals surface area contributed by atoms with Gasteiger partial charge in [0.25, 0.3) is 0 Å². The maximum Gasteiger partial charge on any atom is 0.305 e. The number of ether oxygens (including phenoxy) is 2. The Hall–Kier alpha value is -2.44. The predicted molar refractivity (Wildman–Crippen MR) is 123 cm³/mol. The van der Waals surface area contributed by atoms with E-state index >= 15 is 0 Å². The summed E-state index contributed by atoms with van der Waals surface area (Å²) in [6, 6.07) is 0. The molecule has 2 atom stereocenters. The molecule has 0 saturated carbocycles. The first-order chi connectivity index (χ1) is 15.0. The van der Waals surface area contributed by atoms with Crippen molar-refractivity contribution in [2.24, 2.45) is 0 Å². The van der Waals surface area contributed by atoms with Gasteiger partial charge in [-0.2, -0.15) is 0 Å². The van der Waals surface area contributed by atoms with Crippen LogP contribution in [-0.2, 0) is 19.1 Å². The van der Waals surface area contributed by atoms with E-state index in [-0.39, 0.29) is 19.6 Å². The highest BCUT2D eigenvalue weighted by Gasteiger charge is 2.11. The highest BCUT2D eigenvalue weighted by atomic mass is 16.6. The van der Waals surface area contributed by atoms with E-state index in [9.17, 15) is 19.8 Å². The largest absolute Gasteiger partial charge is 0.463 e. The van der Waals surface area contributed by atoms with E-state index in [0.29, 0.717) is 12.8 Å². The first-order valence-corrected chi connectivity index (χ1v) is 10.9. The fraction of sp³-hybridized carbons (Fsp3) is 0.520. The van der Waals surface area contributed by atoms with E-state index in [4.69, 9.17) is 4.74 Å². The van der Waals surface area contributed by atoms with Crippen molar-refractivity contribution in [2.75, 3.05) is 13.2 Å². The lowest BCUT2D eigenvalue weighted by molar-refractivity contribution is -0.151. The van der Waals surface area contributed by atoms with Gasteiger partial charge in [-0.15, -0.1) is 0 Å². The van der Waals surface area contributed by atoms with Crippen molar-refractivity contribution in [3.8, 4) is 0 Å². The molecule has 0 aliphatic carbocycles. The van der Waals surface area contributed by atoms with Gasteiger partial charge in [0.2, 0.25) is 0 Å². The number of carbonyl (C=O) groups is 2. The van der Waals surface area contributed by atoms with E-state index in [2.05, 4.69) is 48.1 Å². The van der Waals surface area contributed by atoms with Gasteiger partial charge in [-0.1, -0.05) is 67.7 Å². The number of aliphatic hydroxyl groups is 2. The average molecular weight is 435 g/mol. The Morgan fingerprint density at radius 1 is 0.839 bits per heavy atom. The van der Waals surface area contributed by atoms with Crippen LogP contribution in [0.5, 0.6) is 0 Å². The highest BCUT2D eigenvalue weighted by molar-refractivity contribution is 5.69. The Balaban J connectivity index is 3.77. The SMILES string of the molecule is CC/C=C\C/C=C\C/C=C\C/C=C\C=C\C(O)CCCC(=O)OC[C@@H](O)COC(C)=O. The minimum atomic E-state index is -1.03. The van der Waals surface area contributed by atoms with Gasteiger partial charge in [-0.25, -0.2) is 0 Å². The molecule has 0 fully saturated rings. The molecule has 174 valence electrons. The molecule has 0 spiro atoms. The molecule has 0 saturated heterocycles. The average Bonchev–Trinajstić information content (AvgIpc) is 2.74. The van der Waals surface area contributed by atoms with Crippen LogP contribution in [0.2, 0.25) is 0 Å².